The highest BCUT2D eigenvalue weighted by molar-refractivity contribution is 6.32. The molecule has 4 rings (SSSR count). The second-order valence-electron chi connectivity index (χ2n) is 7.00. The minimum Gasteiger partial charge on any atom is -0.482 e. The number of ether oxygens (including phenoxy) is 1. The molecule has 2 amide bonds. The van der Waals surface area contributed by atoms with E-state index in [9.17, 15) is 14.0 Å². The van der Waals surface area contributed by atoms with Crippen molar-refractivity contribution >= 4 is 28.6 Å². The number of nitrogens with two attached hydrogens (primary N) is 1. The smallest absolute Gasteiger partial charge is 0.260 e. The number of amides is 2. The standard InChI is InChI=1S/C21H17FN2O3/c1-21(2)15(11-3-5-12(6-4-11)19(23)25)10-17(27-21)18-14-8-7-13(22)9-16(14)24-20(18)26/h3-10H,1-2H3,(H2,23,25)(H,24,26). The molecule has 0 bridgehead atoms. The van der Waals surface area contributed by atoms with Crippen LogP contribution in [0.3, 0.4) is 0 Å². The van der Waals surface area contributed by atoms with E-state index in [2.05, 4.69) is 5.32 Å². The van der Waals surface area contributed by atoms with Gasteiger partial charge < -0.3 is 15.8 Å². The maximum absolute atomic E-state index is 13.4. The molecule has 3 N–H and O–H groups in total. The lowest BCUT2D eigenvalue weighted by atomic mass is 9.91. The van der Waals surface area contributed by atoms with E-state index in [-0.39, 0.29) is 5.91 Å². The molecule has 0 atom stereocenters. The molecule has 2 aliphatic rings. The number of primary amides is 1. The maximum atomic E-state index is 13.4. The minimum atomic E-state index is -0.681. The van der Waals surface area contributed by atoms with Crippen molar-refractivity contribution in [1.29, 1.82) is 0 Å². The van der Waals surface area contributed by atoms with Crippen LogP contribution in [-0.2, 0) is 9.53 Å². The summed E-state index contributed by atoms with van der Waals surface area (Å²) in [6.07, 6.45) is 1.81. The number of hydrogen-bond donors (Lipinski definition) is 2. The van der Waals surface area contributed by atoms with E-state index >= 15 is 0 Å². The number of halogens is 1. The molecule has 0 aromatic heterocycles. The molecule has 2 heterocycles. The summed E-state index contributed by atoms with van der Waals surface area (Å²) in [6, 6.07) is 11.1. The van der Waals surface area contributed by atoms with Gasteiger partial charge in [0.05, 0.1) is 11.3 Å². The quantitative estimate of drug-likeness (QED) is 0.801. The largest absolute Gasteiger partial charge is 0.482 e. The molecule has 0 saturated heterocycles. The van der Waals surface area contributed by atoms with Crippen LogP contribution in [0, 0.1) is 5.82 Å². The van der Waals surface area contributed by atoms with Crippen molar-refractivity contribution in [2.45, 2.75) is 19.4 Å². The van der Waals surface area contributed by atoms with Gasteiger partial charge in [0, 0.05) is 16.7 Å². The predicted molar refractivity (Wildman–Crippen MR) is 100 cm³/mol. The van der Waals surface area contributed by atoms with Crippen molar-refractivity contribution in [2.75, 3.05) is 5.32 Å². The first-order valence-corrected chi connectivity index (χ1v) is 8.43. The molecule has 6 heteroatoms. The van der Waals surface area contributed by atoms with Gasteiger partial charge in [-0.15, -0.1) is 0 Å². The Hall–Kier alpha value is -3.41. The number of allylic oxidation sites excluding steroid dienone is 1. The highest BCUT2D eigenvalue weighted by Gasteiger charge is 2.38. The molecule has 0 radical (unpaired) electrons. The van der Waals surface area contributed by atoms with Gasteiger partial charge in [0.15, 0.2) is 0 Å². The van der Waals surface area contributed by atoms with Gasteiger partial charge in [-0.2, -0.15) is 0 Å². The van der Waals surface area contributed by atoms with Gasteiger partial charge in [0.1, 0.15) is 17.2 Å². The molecule has 2 aromatic rings. The fourth-order valence-corrected chi connectivity index (χ4v) is 3.42. The van der Waals surface area contributed by atoms with E-state index in [1.54, 1.807) is 30.3 Å². The Bertz CT molecular complexity index is 1050. The van der Waals surface area contributed by atoms with E-state index in [0.717, 1.165) is 11.1 Å². The first kappa shape index (κ1) is 17.0. The van der Waals surface area contributed by atoms with Crippen LogP contribution in [0.15, 0.2) is 54.3 Å². The normalized spacial score (nSPS) is 20.0. The van der Waals surface area contributed by atoms with Crippen LogP contribution in [0.25, 0.3) is 11.1 Å². The third-order valence-electron chi connectivity index (χ3n) is 4.74. The number of carbonyl (C=O) groups is 2. The van der Waals surface area contributed by atoms with Crippen LogP contribution in [0.4, 0.5) is 10.1 Å². The molecule has 5 nitrogen and oxygen atoms in total. The first-order chi connectivity index (χ1) is 12.8. The lowest BCUT2D eigenvalue weighted by Crippen LogP contribution is -2.21. The van der Waals surface area contributed by atoms with Gasteiger partial charge in [-0.05, 0) is 55.8 Å². The zero-order valence-electron chi connectivity index (χ0n) is 14.8. The van der Waals surface area contributed by atoms with E-state index in [4.69, 9.17) is 10.5 Å². The summed E-state index contributed by atoms with van der Waals surface area (Å²) in [6.45, 7) is 3.79. The zero-order chi connectivity index (χ0) is 19.3. The van der Waals surface area contributed by atoms with Crippen LogP contribution in [0.1, 0.15) is 35.3 Å². The third kappa shape index (κ3) is 2.79. The molecule has 0 spiro atoms. The topological polar surface area (TPSA) is 81.4 Å². The summed E-state index contributed by atoms with van der Waals surface area (Å²) in [4.78, 5) is 23.7. The van der Waals surface area contributed by atoms with Gasteiger partial charge in [0.25, 0.3) is 5.91 Å². The maximum Gasteiger partial charge on any atom is 0.260 e. The summed E-state index contributed by atoms with van der Waals surface area (Å²) in [7, 11) is 0. The molecule has 2 aromatic carbocycles. The number of nitrogens with one attached hydrogen (secondary N) is 1. The van der Waals surface area contributed by atoms with Gasteiger partial charge in [-0.3, -0.25) is 9.59 Å². The number of hydrogen-bond acceptors (Lipinski definition) is 3. The van der Waals surface area contributed by atoms with Crippen LogP contribution >= 0.6 is 0 Å². The average molecular weight is 364 g/mol. The van der Waals surface area contributed by atoms with Crippen molar-refractivity contribution in [3.63, 3.8) is 0 Å². The third-order valence-corrected chi connectivity index (χ3v) is 4.74. The summed E-state index contributed by atoms with van der Waals surface area (Å²) in [5.41, 5.74) is 8.16. The molecule has 0 fully saturated rings. The van der Waals surface area contributed by atoms with E-state index in [1.807, 2.05) is 19.9 Å². The average Bonchev–Trinajstić information content (AvgIpc) is 3.09. The summed E-state index contributed by atoms with van der Waals surface area (Å²) in [5, 5.41) is 2.67. The van der Waals surface area contributed by atoms with Gasteiger partial charge >= 0.3 is 0 Å². The molecule has 0 unspecified atom stereocenters. The Morgan fingerprint density at radius 3 is 2.52 bits per heavy atom. The van der Waals surface area contributed by atoms with Crippen LogP contribution < -0.4 is 11.1 Å². The fourth-order valence-electron chi connectivity index (χ4n) is 3.42. The molecular weight excluding hydrogens is 347 g/mol. The lowest BCUT2D eigenvalue weighted by molar-refractivity contribution is -0.111. The van der Waals surface area contributed by atoms with Gasteiger partial charge in [-0.25, -0.2) is 4.39 Å². The molecule has 27 heavy (non-hydrogen) atoms. The van der Waals surface area contributed by atoms with E-state index in [0.29, 0.717) is 28.1 Å². The van der Waals surface area contributed by atoms with Crippen molar-refractivity contribution in [1.82, 2.24) is 0 Å². The second-order valence-corrected chi connectivity index (χ2v) is 7.00. The summed E-state index contributed by atoms with van der Waals surface area (Å²) >= 11 is 0. The highest BCUT2D eigenvalue weighted by atomic mass is 19.1. The predicted octanol–water partition coefficient (Wildman–Crippen LogP) is 3.48. The Labute approximate surface area is 155 Å². The summed E-state index contributed by atoms with van der Waals surface area (Å²) < 4.78 is 19.5. The van der Waals surface area contributed by atoms with Crippen LogP contribution in [0.2, 0.25) is 0 Å². The Morgan fingerprint density at radius 1 is 1.15 bits per heavy atom. The Kier molecular flexibility index (Phi) is 3.66. The molecule has 136 valence electrons. The molecule has 2 aliphatic heterocycles. The van der Waals surface area contributed by atoms with E-state index < -0.39 is 17.3 Å². The van der Waals surface area contributed by atoms with Crippen molar-refractivity contribution < 1.29 is 18.7 Å². The summed E-state index contributed by atoms with van der Waals surface area (Å²) in [5.74, 6) is -0.815. The molecule has 0 saturated carbocycles. The monoisotopic (exact) mass is 364 g/mol. The highest BCUT2D eigenvalue weighted by Crippen LogP contribution is 2.44. The fraction of sp³-hybridized carbons (Fsp3) is 0.143. The minimum absolute atomic E-state index is 0.331. The molecule has 0 aliphatic carbocycles. The number of carbonyl (C=O) groups excluding carboxylic acids is 2. The number of benzene rings is 2. The zero-order valence-corrected chi connectivity index (χ0v) is 14.8. The lowest BCUT2D eigenvalue weighted by Gasteiger charge is -2.23. The van der Waals surface area contributed by atoms with Gasteiger partial charge in [0.2, 0.25) is 5.91 Å². The Balaban J connectivity index is 1.82. The molecular formula is C21H17FN2O3. The van der Waals surface area contributed by atoms with Crippen molar-refractivity contribution in [2.24, 2.45) is 5.73 Å². The van der Waals surface area contributed by atoms with Crippen LogP contribution in [-0.4, -0.2) is 17.4 Å². The first-order valence-electron chi connectivity index (χ1n) is 8.43. The van der Waals surface area contributed by atoms with Crippen LogP contribution in [0.5, 0.6) is 0 Å². The van der Waals surface area contributed by atoms with Crippen molar-refractivity contribution in [3.8, 4) is 0 Å². The van der Waals surface area contributed by atoms with E-state index in [1.165, 1.54) is 12.1 Å². The Morgan fingerprint density at radius 2 is 1.85 bits per heavy atom. The number of fused-ring (bicyclic) bond motifs is 1. The second kappa shape index (κ2) is 5.81. The van der Waals surface area contributed by atoms with Crippen molar-refractivity contribution in [3.05, 3.63) is 76.8 Å². The van der Waals surface area contributed by atoms with Gasteiger partial charge in [-0.1, -0.05) is 12.1 Å². The number of rotatable bonds is 2. The number of anilines is 1. The SMILES string of the molecule is CC1(C)OC(=C2C(=O)Nc3cc(F)ccc32)C=C1c1ccc(C(N)=O)cc1.